The van der Waals surface area contributed by atoms with Crippen LogP contribution >= 0.6 is 0 Å². The van der Waals surface area contributed by atoms with Crippen molar-refractivity contribution in [3.63, 3.8) is 0 Å². The smallest absolute Gasteiger partial charge is 0.160 e. The summed E-state index contributed by atoms with van der Waals surface area (Å²) in [6, 6.07) is 5.69. The van der Waals surface area contributed by atoms with E-state index in [1.54, 1.807) is 18.6 Å². The van der Waals surface area contributed by atoms with Gasteiger partial charge in [0, 0.05) is 17.8 Å². The molecule has 0 amide bonds. The molecule has 4 heterocycles. The zero-order chi connectivity index (χ0) is 11.9. The second-order valence-corrected chi connectivity index (χ2v) is 3.95. The molecule has 4 aromatic heterocycles. The first-order chi connectivity index (χ1) is 8.92. The van der Waals surface area contributed by atoms with Gasteiger partial charge in [-0.25, -0.2) is 9.97 Å². The number of pyridine rings is 2. The maximum atomic E-state index is 4.48. The van der Waals surface area contributed by atoms with E-state index in [0.717, 1.165) is 27.8 Å². The van der Waals surface area contributed by atoms with Gasteiger partial charge in [0.15, 0.2) is 11.5 Å². The second-order valence-electron chi connectivity index (χ2n) is 3.95. The summed E-state index contributed by atoms with van der Waals surface area (Å²) in [6.45, 7) is 0. The molecule has 0 atom stereocenters. The van der Waals surface area contributed by atoms with Crippen LogP contribution in [0.4, 0.5) is 0 Å². The van der Waals surface area contributed by atoms with Gasteiger partial charge < -0.3 is 4.98 Å². The molecule has 2 N–H and O–H groups in total. The zero-order valence-electron chi connectivity index (χ0n) is 9.25. The van der Waals surface area contributed by atoms with Crippen molar-refractivity contribution in [2.75, 3.05) is 0 Å². The lowest BCUT2D eigenvalue weighted by Gasteiger charge is -1.90. The summed E-state index contributed by atoms with van der Waals surface area (Å²) in [7, 11) is 0. The third kappa shape index (κ3) is 1.22. The highest BCUT2D eigenvalue weighted by Gasteiger charge is 2.12. The molecular formula is C12H8N6. The predicted molar refractivity (Wildman–Crippen MR) is 66.8 cm³/mol. The van der Waals surface area contributed by atoms with Crippen molar-refractivity contribution < 1.29 is 0 Å². The molecule has 0 aliphatic rings. The maximum Gasteiger partial charge on any atom is 0.160 e. The Hall–Kier alpha value is -2.76. The highest BCUT2D eigenvalue weighted by Crippen LogP contribution is 2.24. The predicted octanol–water partition coefficient (Wildman–Crippen LogP) is 1.90. The quantitative estimate of drug-likeness (QED) is 0.528. The summed E-state index contributed by atoms with van der Waals surface area (Å²) in [4.78, 5) is 15.9. The number of rotatable bonds is 1. The van der Waals surface area contributed by atoms with Gasteiger partial charge in [0.2, 0.25) is 0 Å². The lowest BCUT2D eigenvalue weighted by molar-refractivity contribution is 1.10. The second kappa shape index (κ2) is 3.36. The fraction of sp³-hybridized carbons (Fsp3) is 0. The van der Waals surface area contributed by atoms with Crippen LogP contribution in [0.1, 0.15) is 0 Å². The molecule has 0 saturated carbocycles. The number of hydrogen-bond donors (Lipinski definition) is 2. The minimum absolute atomic E-state index is 0.709. The lowest BCUT2D eigenvalue weighted by Crippen LogP contribution is -1.81. The van der Waals surface area contributed by atoms with Gasteiger partial charge in [0.05, 0.1) is 11.7 Å². The Labute approximate surface area is 101 Å². The molecule has 18 heavy (non-hydrogen) atoms. The lowest BCUT2D eigenvalue weighted by atomic mass is 10.2. The number of nitrogens with one attached hydrogen (secondary N) is 2. The van der Waals surface area contributed by atoms with Gasteiger partial charge in [0.1, 0.15) is 11.2 Å². The van der Waals surface area contributed by atoms with E-state index >= 15 is 0 Å². The minimum atomic E-state index is 0.709. The molecule has 6 nitrogen and oxygen atoms in total. The summed E-state index contributed by atoms with van der Waals surface area (Å²) in [6.07, 6.45) is 5.21. The first kappa shape index (κ1) is 9.29. The van der Waals surface area contributed by atoms with E-state index in [1.807, 2.05) is 18.2 Å². The molecule has 86 valence electrons. The first-order valence-electron chi connectivity index (χ1n) is 5.51. The first-order valence-corrected chi connectivity index (χ1v) is 5.51. The largest absolute Gasteiger partial charge is 0.321 e. The molecule has 0 bridgehead atoms. The summed E-state index contributed by atoms with van der Waals surface area (Å²) < 4.78 is 0. The van der Waals surface area contributed by atoms with Gasteiger partial charge in [-0.1, -0.05) is 0 Å². The van der Waals surface area contributed by atoms with Gasteiger partial charge in [-0.15, -0.1) is 0 Å². The van der Waals surface area contributed by atoms with E-state index in [0.29, 0.717) is 5.82 Å². The van der Waals surface area contributed by atoms with Crippen LogP contribution < -0.4 is 0 Å². The van der Waals surface area contributed by atoms with Crippen molar-refractivity contribution in [1.29, 1.82) is 0 Å². The Morgan fingerprint density at radius 1 is 1.11 bits per heavy atom. The third-order valence-corrected chi connectivity index (χ3v) is 2.84. The number of fused-ring (bicyclic) bond motifs is 2. The topological polar surface area (TPSA) is 83.1 Å². The molecular weight excluding hydrogens is 228 g/mol. The Bertz CT molecular complexity index is 811. The van der Waals surface area contributed by atoms with Gasteiger partial charge in [-0.3, -0.25) is 10.1 Å². The van der Waals surface area contributed by atoms with Crippen LogP contribution in [0.15, 0.2) is 36.8 Å². The third-order valence-electron chi connectivity index (χ3n) is 2.84. The molecule has 0 unspecified atom stereocenters. The van der Waals surface area contributed by atoms with E-state index in [2.05, 4.69) is 30.1 Å². The van der Waals surface area contributed by atoms with Gasteiger partial charge in [0.25, 0.3) is 0 Å². The van der Waals surface area contributed by atoms with E-state index < -0.39 is 0 Å². The van der Waals surface area contributed by atoms with Crippen molar-refractivity contribution >= 4 is 22.1 Å². The van der Waals surface area contributed by atoms with Crippen LogP contribution in [-0.2, 0) is 0 Å². The van der Waals surface area contributed by atoms with Crippen LogP contribution in [0.5, 0.6) is 0 Å². The van der Waals surface area contributed by atoms with Gasteiger partial charge in [-0.2, -0.15) is 5.10 Å². The van der Waals surface area contributed by atoms with Crippen molar-refractivity contribution in [3.8, 4) is 11.5 Å². The summed E-state index contributed by atoms with van der Waals surface area (Å²) in [5, 5.41) is 8.20. The molecule has 0 fully saturated rings. The summed E-state index contributed by atoms with van der Waals surface area (Å²) in [5.74, 6) is 0.709. The van der Waals surface area contributed by atoms with E-state index in [-0.39, 0.29) is 0 Å². The Balaban J connectivity index is 2.01. The minimum Gasteiger partial charge on any atom is -0.321 e. The van der Waals surface area contributed by atoms with E-state index in [1.165, 1.54) is 0 Å². The molecule has 0 saturated heterocycles. The average molecular weight is 236 g/mol. The van der Waals surface area contributed by atoms with Crippen LogP contribution in [0.2, 0.25) is 0 Å². The number of hydrogen-bond acceptors (Lipinski definition) is 4. The maximum absolute atomic E-state index is 4.48. The molecule has 0 spiro atoms. The fourth-order valence-electron chi connectivity index (χ4n) is 2.00. The van der Waals surface area contributed by atoms with Crippen molar-refractivity contribution in [1.82, 2.24) is 30.1 Å². The van der Waals surface area contributed by atoms with Crippen molar-refractivity contribution in [2.24, 2.45) is 0 Å². The Kier molecular flexibility index (Phi) is 1.74. The highest BCUT2D eigenvalue weighted by molar-refractivity contribution is 5.91. The van der Waals surface area contributed by atoms with Crippen LogP contribution in [-0.4, -0.2) is 30.1 Å². The standard InChI is InChI=1S/C12H8N6/c1-2-8-11(14-4-1)16-12(15-8)10-7-3-5-13-6-9(7)17-18-10/h1-6H,(H,17,18)(H,14,15,16). The number of H-pyrrole nitrogens is 2. The van der Waals surface area contributed by atoms with Crippen molar-refractivity contribution in [3.05, 3.63) is 36.8 Å². The van der Waals surface area contributed by atoms with Crippen molar-refractivity contribution in [2.45, 2.75) is 0 Å². The van der Waals surface area contributed by atoms with Crippen LogP contribution in [0.25, 0.3) is 33.6 Å². The molecule has 4 aromatic rings. The summed E-state index contributed by atoms with van der Waals surface area (Å²) >= 11 is 0. The van der Waals surface area contributed by atoms with Crippen LogP contribution in [0.3, 0.4) is 0 Å². The molecule has 4 rings (SSSR count). The van der Waals surface area contributed by atoms with Gasteiger partial charge >= 0.3 is 0 Å². The molecule has 0 aromatic carbocycles. The SMILES string of the molecule is c1cnc2[nH]c(-c3n[nH]c4cnccc34)nc2c1. The van der Waals surface area contributed by atoms with Crippen LogP contribution in [0, 0.1) is 0 Å². The number of aromatic nitrogens is 6. The number of imidazole rings is 1. The normalized spacial score (nSPS) is 11.3. The number of nitrogens with zero attached hydrogens (tertiary/aromatic N) is 4. The Morgan fingerprint density at radius 2 is 2.11 bits per heavy atom. The summed E-state index contributed by atoms with van der Waals surface area (Å²) in [5.41, 5.74) is 3.27. The highest BCUT2D eigenvalue weighted by atomic mass is 15.1. The molecule has 0 aliphatic heterocycles. The Morgan fingerprint density at radius 3 is 3.06 bits per heavy atom. The van der Waals surface area contributed by atoms with E-state index in [4.69, 9.17) is 0 Å². The molecule has 0 aliphatic carbocycles. The average Bonchev–Trinajstić information content (AvgIpc) is 3.02. The number of aromatic amines is 2. The van der Waals surface area contributed by atoms with E-state index in [9.17, 15) is 0 Å². The zero-order valence-corrected chi connectivity index (χ0v) is 9.25. The molecule has 0 radical (unpaired) electrons. The fourth-order valence-corrected chi connectivity index (χ4v) is 2.00. The molecule has 6 heteroatoms. The van der Waals surface area contributed by atoms with Gasteiger partial charge in [-0.05, 0) is 18.2 Å². The monoisotopic (exact) mass is 236 g/mol.